The first-order valence-corrected chi connectivity index (χ1v) is 7.63. The molecule has 0 radical (unpaired) electrons. The number of amides is 2. The van der Waals surface area contributed by atoms with E-state index in [4.69, 9.17) is 21.1 Å². The second kappa shape index (κ2) is 8.26. The molecule has 6 heteroatoms. The van der Waals surface area contributed by atoms with Crippen molar-refractivity contribution in [2.45, 2.75) is 6.92 Å². The van der Waals surface area contributed by atoms with Gasteiger partial charge in [0.2, 0.25) is 0 Å². The molecule has 0 unspecified atom stereocenters. The molecule has 2 rings (SSSR count). The van der Waals surface area contributed by atoms with Gasteiger partial charge >= 0.3 is 6.03 Å². The van der Waals surface area contributed by atoms with Crippen molar-refractivity contribution < 1.29 is 14.3 Å². The lowest BCUT2D eigenvalue weighted by molar-refractivity contribution is 0.255. The molecule has 0 bridgehead atoms. The van der Waals surface area contributed by atoms with E-state index in [0.717, 1.165) is 5.56 Å². The van der Waals surface area contributed by atoms with Crippen LogP contribution in [-0.4, -0.2) is 20.3 Å². The predicted octanol–water partition coefficient (Wildman–Crippen LogP) is 4.46. The lowest BCUT2D eigenvalue weighted by atomic mass is 10.1. The standard InChI is InChI=1S/C18H19ClN2O3/c1-12-4-6-13(7-5-12)8-9-20-18(22)21-15-11-16(23-2)14(19)10-17(15)24-3/h4-11H,1-3H3,(H2,20,21,22)/b9-8+. The molecule has 5 nitrogen and oxygen atoms in total. The summed E-state index contributed by atoms with van der Waals surface area (Å²) in [5.74, 6) is 0.890. The smallest absolute Gasteiger partial charge is 0.323 e. The summed E-state index contributed by atoms with van der Waals surface area (Å²) in [5, 5.41) is 5.73. The maximum absolute atomic E-state index is 12.0. The third-order valence-corrected chi connectivity index (χ3v) is 3.59. The van der Waals surface area contributed by atoms with Crippen LogP contribution in [0.15, 0.2) is 42.6 Å². The van der Waals surface area contributed by atoms with Crippen molar-refractivity contribution in [3.63, 3.8) is 0 Å². The molecule has 0 heterocycles. The Morgan fingerprint density at radius 3 is 2.38 bits per heavy atom. The van der Waals surface area contributed by atoms with E-state index in [9.17, 15) is 4.79 Å². The van der Waals surface area contributed by atoms with Gasteiger partial charge in [-0.15, -0.1) is 0 Å². The number of ether oxygens (including phenoxy) is 2. The van der Waals surface area contributed by atoms with Gasteiger partial charge in [-0.2, -0.15) is 0 Å². The van der Waals surface area contributed by atoms with Crippen molar-refractivity contribution in [2.24, 2.45) is 0 Å². The van der Waals surface area contributed by atoms with E-state index >= 15 is 0 Å². The van der Waals surface area contributed by atoms with Crippen LogP contribution in [0, 0.1) is 6.92 Å². The Labute approximate surface area is 146 Å². The first-order valence-electron chi connectivity index (χ1n) is 7.25. The summed E-state index contributed by atoms with van der Waals surface area (Å²) in [6.07, 6.45) is 3.37. The molecule has 0 spiro atoms. The van der Waals surface area contributed by atoms with Gasteiger partial charge in [0, 0.05) is 18.3 Å². The fourth-order valence-corrected chi connectivity index (χ4v) is 2.24. The highest BCUT2D eigenvalue weighted by atomic mass is 35.5. The number of methoxy groups -OCH3 is 2. The van der Waals surface area contributed by atoms with Crippen LogP contribution in [0.5, 0.6) is 11.5 Å². The van der Waals surface area contributed by atoms with Crippen LogP contribution in [0.3, 0.4) is 0 Å². The van der Waals surface area contributed by atoms with Crippen LogP contribution in [-0.2, 0) is 0 Å². The summed E-state index contributed by atoms with van der Waals surface area (Å²) < 4.78 is 10.4. The average molecular weight is 347 g/mol. The van der Waals surface area contributed by atoms with Gasteiger partial charge in [-0.25, -0.2) is 4.79 Å². The molecule has 0 aromatic heterocycles. The molecule has 0 aliphatic heterocycles. The number of rotatable bonds is 5. The number of carbonyl (C=O) groups is 1. The normalized spacial score (nSPS) is 10.5. The van der Waals surface area contributed by atoms with Crippen molar-refractivity contribution in [1.82, 2.24) is 5.32 Å². The number of halogens is 1. The minimum absolute atomic E-state index is 0.402. The number of anilines is 1. The van der Waals surface area contributed by atoms with Crippen LogP contribution in [0.2, 0.25) is 5.02 Å². The highest BCUT2D eigenvalue weighted by Crippen LogP contribution is 2.35. The van der Waals surface area contributed by atoms with E-state index in [-0.39, 0.29) is 0 Å². The van der Waals surface area contributed by atoms with E-state index < -0.39 is 6.03 Å². The lowest BCUT2D eigenvalue weighted by Gasteiger charge is -2.12. The van der Waals surface area contributed by atoms with Gasteiger partial charge in [-0.05, 0) is 18.6 Å². The first kappa shape index (κ1) is 17.7. The van der Waals surface area contributed by atoms with Crippen molar-refractivity contribution >= 4 is 29.4 Å². The molecule has 2 aromatic rings. The van der Waals surface area contributed by atoms with Crippen molar-refractivity contribution in [2.75, 3.05) is 19.5 Å². The fraction of sp³-hybridized carbons (Fsp3) is 0.167. The van der Waals surface area contributed by atoms with Crippen LogP contribution in [0.25, 0.3) is 6.08 Å². The van der Waals surface area contributed by atoms with Gasteiger partial charge in [-0.3, -0.25) is 0 Å². The Kier molecular flexibility index (Phi) is 6.09. The second-order valence-electron chi connectivity index (χ2n) is 5.03. The zero-order chi connectivity index (χ0) is 17.5. The number of urea groups is 1. The van der Waals surface area contributed by atoms with Gasteiger partial charge in [-0.1, -0.05) is 41.4 Å². The fourth-order valence-electron chi connectivity index (χ4n) is 2.01. The van der Waals surface area contributed by atoms with Crippen LogP contribution in [0.4, 0.5) is 10.5 Å². The number of carbonyl (C=O) groups excluding carboxylic acids is 1. The summed E-state index contributed by atoms with van der Waals surface area (Å²) in [4.78, 5) is 12.0. The maximum atomic E-state index is 12.0. The summed E-state index contributed by atoms with van der Waals surface area (Å²) in [6, 6.07) is 10.7. The number of hydrogen-bond acceptors (Lipinski definition) is 3. The van der Waals surface area contributed by atoms with Gasteiger partial charge in [0.25, 0.3) is 0 Å². The Balaban J connectivity index is 2.02. The quantitative estimate of drug-likeness (QED) is 0.840. The van der Waals surface area contributed by atoms with Gasteiger partial charge in [0.15, 0.2) is 0 Å². The number of benzene rings is 2. The first-order chi connectivity index (χ1) is 11.5. The molecular formula is C18H19ClN2O3. The Hall–Kier alpha value is -2.66. The van der Waals surface area contributed by atoms with E-state index in [1.165, 1.54) is 19.8 Å². The Bertz CT molecular complexity index is 743. The molecule has 2 aromatic carbocycles. The molecule has 0 aliphatic rings. The van der Waals surface area contributed by atoms with E-state index in [2.05, 4.69) is 10.6 Å². The zero-order valence-electron chi connectivity index (χ0n) is 13.7. The Morgan fingerprint density at radius 1 is 1.08 bits per heavy atom. The molecule has 0 saturated carbocycles. The van der Waals surface area contributed by atoms with Crippen molar-refractivity contribution in [3.05, 3.63) is 58.7 Å². The van der Waals surface area contributed by atoms with E-state index in [1.807, 2.05) is 31.2 Å². The molecule has 2 N–H and O–H groups in total. The largest absolute Gasteiger partial charge is 0.495 e. The molecule has 0 atom stereocenters. The maximum Gasteiger partial charge on any atom is 0.323 e. The monoisotopic (exact) mass is 346 g/mol. The third-order valence-electron chi connectivity index (χ3n) is 3.29. The summed E-state index contributed by atoms with van der Waals surface area (Å²) in [5.41, 5.74) is 2.63. The highest BCUT2D eigenvalue weighted by molar-refractivity contribution is 6.32. The van der Waals surface area contributed by atoms with E-state index in [0.29, 0.717) is 22.2 Å². The van der Waals surface area contributed by atoms with Gasteiger partial charge in [0.05, 0.1) is 24.9 Å². The highest BCUT2D eigenvalue weighted by Gasteiger charge is 2.11. The molecular weight excluding hydrogens is 328 g/mol. The molecule has 126 valence electrons. The minimum atomic E-state index is -0.402. The molecule has 0 saturated heterocycles. The number of aryl methyl sites for hydroxylation is 1. The summed E-state index contributed by atoms with van der Waals surface area (Å²) in [7, 11) is 3.00. The van der Waals surface area contributed by atoms with Gasteiger partial charge in [0.1, 0.15) is 11.5 Å². The number of nitrogens with one attached hydrogen (secondary N) is 2. The van der Waals surface area contributed by atoms with Crippen LogP contribution < -0.4 is 20.1 Å². The summed E-state index contributed by atoms with van der Waals surface area (Å²) in [6.45, 7) is 2.02. The third kappa shape index (κ3) is 4.67. The average Bonchev–Trinajstić information content (AvgIpc) is 2.57. The number of hydrogen-bond donors (Lipinski definition) is 2. The van der Waals surface area contributed by atoms with Crippen molar-refractivity contribution in [1.29, 1.82) is 0 Å². The molecule has 2 amide bonds. The second-order valence-corrected chi connectivity index (χ2v) is 5.44. The SMILES string of the molecule is COc1cc(NC(=O)N/C=C/c2ccc(C)cc2)c(OC)cc1Cl. The van der Waals surface area contributed by atoms with Crippen LogP contribution >= 0.6 is 11.6 Å². The summed E-state index contributed by atoms with van der Waals surface area (Å²) >= 11 is 6.03. The predicted molar refractivity (Wildman–Crippen MR) is 96.9 cm³/mol. The van der Waals surface area contributed by atoms with Gasteiger partial charge < -0.3 is 20.1 Å². The van der Waals surface area contributed by atoms with Crippen molar-refractivity contribution in [3.8, 4) is 11.5 Å². The lowest BCUT2D eigenvalue weighted by Crippen LogP contribution is -2.24. The van der Waals surface area contributed by atoms with Crippen LogP contribution in [0.1, 0.15) is 11.1 Å². The Morgan fingerprint density at radius 2 is 1.75 bits per heavy atom. The minimum Gasteiger partial charge on any atom is -0.495 e. The van der Waals surface area contributed by atoms with E-state index in [1.54, 1.807) is 24.4 Å². The molecule has 24 heavy (non-hydrogen) atoms. The topological polar surface area (TPSA) is 59.6 Å². The molecule has 0 aliphatic carbocycles. The molecule has 0 fully saturated rings. The zero-order valence-corrected chi connectivity index (χ0v) is 14.5.